The highest BCUT2D eigenvalue weighted by Crippen LogP contribution is 2.26. The molecule has 0 amide bonds. The van der Waals surface area contributed by atoms with Crippen LogP contribution in [0.4, 0.5) is 0 Å². The number of benzene rings is 1. The Labute approximate surface area is 128 Å². The van der Waals surface area contributed by atoms with E-state index in [1.807, 2.05) is 24.8 Å². The molecule has 0 saturated carbocycles. The smallest absolute Gasteiger partial charge is 0.134 e. The molecule has 0 bridgehead atoms. The van der Waals surface area contributed by atoms with Gasteiger partial charge in [0.2, 0.25) is 0 Å². The predicted octanol–water partition coefficient (Wildman–Crippen LogP) is 3.04. The van der Waals surface area contributed by atoms with Crippen LogP contribution >= 0.6 is 15.9 Å². The van der Waals surface area contributed by atoms with Crippen LogP contribution in [0, 0.1) is 0 Å². The van der Waals surface area contributed by atoms with Gasteiger partial charge < -0.3 is 10.1 Å². The average Bonchev–Trinajstić information content (AvgIpc) is 2.79. The highest BCUT2D eigenvalue weighted by atomic mass is 79.9. The Morgan fingerprint density at radius 1 is 1.35 bits per heavy atom. The van der Waals surface area contributed by atoms with E-state index in [0.29, 0.717) is 6.61 Å². The lowest BCUT2D eigenvalue weighted by atomic mass is 10.2. The molecule has 0 radical (unpaired) electrons. The van der Waals surface area contributed by atoms with Crippen molar-refractivity contribution in [2.24, 2.45) is 7.05 Å². The molecule has 0 aliphatic heterocycles. The molecule has 0 aliphatic rings. The maximum atomic E-state index is 5.87. The Hall–Kier alpha value is -1.33. The number of aryl methyl sites for hydroxylation is 2. The van der Waals surface area contributed by atoms with E-state index < -0.39 is 0 Å². The van der Waals surface area contributed by atoms with Gasteiger partial charge in [0.1, 0.15) is 12.4 Å². The van der Waals surface area contributed by atoms with E-state index in [2.05, 4.69) is 51.5 Å². The van der Waals surface area contributed by atoms with Crippen LogP contribution in [0.3, 0.4) is 0 Å². The fourth-order valence-corrected chi connectivity index (χ4v) is 2.55. The molecule has 4 nitrogen and oxygen atoms in total. The van der Waals surface area contributed by atoms with Crippen LogP contribution in [-0.2, 0) is 26.6 Å². The Morgan fingerprint density at radius 3 is 2.75 bits per heavy atom. The third-order valence-corrected chi connectivity index (χ3v) is 3.76. The lowest BCUT2D eigenvalue weighted by Crippen LogP contribution is -2.06. The highest BCUT2D eigenvalue weighted by Gasteiger charge is 2.07. The Morgan fingerprint density at radius 2 is 2.15 bits per heavy atom. The molecule has 0 unspecified atom stereocenters. The van der Waals surface area contributed by atoms with E-state index in [1.165, 1.54) is 5.56 Å². The van der Waals surface area contributed by atoms with Crippen molar-refractivity contribution in [3.63, 3.8) is 0 Å². The maximum absolute atomic E-state index is 5.87. The van der Waals surface area contributed by atoms with Gasteiger partial charge in [-0.2, -0.15) is 5.10 Å². The molecule has 0 atom stereocenters. The summed E-state index contributed by atoms with van der Waals surface area (Å²) < 4.78 is 8.72. The monoisotopic (exact) mass is 337 g/mol. The number of aromatic nitrogens is 2. The number of hydrogen-bond acceptors (Lipinski definition) is 3. The van der Waals surface area contributed by atoms with Gasteiger partial charge in [0.15, 0.2) is 0 Å². The van der Waals surface area contributed by atoms with E-state index in [0.717, 1.165) is 34.6 Å². The predicted molar refractivity (Wildman–Crippen MR) is 83.8 cm³/mol. The van der Waals surface area contributed by atoms with Crippen molar-refractivity contribution in [1.29, 1.82) is 0 Å². The quantitative estimate of drug-likeness (QED) is 0.880. The standard InChI is InChI=1S/C15H20BrN3O/c1-4-12-8-13(19(3)18-12)10-20-15-6-5-11(9-17-2)7-14(15)16/h5-8,17H,4,9-10H2,1-3H3. The van der Waals surface area contributed by atoms with Crippen LogP contribution in [0.15, 0.2) is 28.7 Å². The minimum atomic E-state index is 0.521. The second-order valence-electron chi connectivity index (χ2n) is 4.69. The summed E-state index contributed by atoms with van der Waals surface area (Å²) in [5.41, 5.74) is 3.39. The van der Waals surface area contributed by atoms with Crippen LogP contribution in [0.25, 0.3) is 0 Å². The van der Waals surface area contributed by atoms with Gasteiger partial charge in [-0.1, -0.05) is 13.0 Å². The largest absolute Gasteiger partial charge is 0.486 e. The lowest BCUT2D eigenvalue weighted by molar-refractivity contribution is 0.293. The van der Waals surface area contributed by atoms with E-state index in [9.17, 15) is 0 Å². The Kier molecular flexibility index (Phi) is 5.20. The fraction of sp³-hybridized carbons (Fsp3) is 0.400. The van der Waals surface area contributed by atoms with Crippen LogP contribution < -0.4 is 10.1 Å². The summed E-state index contributed by atoms with van der Waals surface area (Å²) in [6, 6.07) is 8.22. The first-order valence-electron chi connectivity index (χ1n) is 6.71. The Bertz CT molecular complexity index is 580. The normalized spacial score (nSPS) is 10.8. The molecule has 2 rings (SSSR count). The average molecular weight is 338 g/mol. The summed E-state index contributed by atoms with van der Waals surface area (Å²) in [5.74, 6) is 0.851. The minimum Gasteiger partial charge on any atom is -0.486 e. The van der Waals surface area contributed by atoms with Gasteiger partial charge >= 0.3 is 0 Å². The number of rotatable bonds is 6. The van der Waals surface area contributed by atoms with Crippen molar-refractivity contribution in [2.45, 2.75) is 26.5 Å². The van der Waals surface area contributed by atoms with Crippen LogP contribution in [0.1, 0.15) is 23.9 Å². The van der Waals surface area contributed by atoms with Gasteiger partial charge in [-0.3, -0.25) is 4.68 Å². The van der Waals surface area contributed by atoms with Gasteiger partial charge in [-0.05, 0) is 53.2 Å². The molecule has 0 fully saturated rings. The van der Waals surface area contributed by atoms with Gasteiger partial charge in [-0.15, -0.1) is 0 Å². The second kappa shape index (κ2) is 6.90. The molecule has 5 heteroatoms. The summed E-state index contributed by atoms with van der Waals surface area (Å²) in [4.78, 5) is 0. The van der Waals surface area contributed by atoms with Crippen LogP contribution in [0.5, 0.6) is 5.75 Å². The summed E-state index contributed by atoms with van der Waals surface area (Å²) >= 11 is 3.55. The number of ether oxygens (including phenoxy) is 1. The van der Waals surface area contributed by atoms with E-state index in [4.69, 9.17) is 4.74 Å². The molecule has 108 valence electrons. The summed E-state index contributed by atoms with van der Waals surface area (Å²) in [5, 5.41) is 7.55. The van der Waals surface area contributed by atoms with Crippen molar-refractivity contribution in [1.82, 2.24) is 15.1 Å². The minimum absolute atomic E-state index is 0.521. The number of nitrogens with zero attached hydrogens (tertiary/aromatic N) is 2. The molecule has 0 spiro atoms. The van der Waals surface area contributed by atoms with Gasteiger partial charge in [0.05, 0.1) is 15.9 Å². The summed E-state index contributed by atoms with van der Waals surface area (Å²) in [6.07, 6.45) is 0.941. The summed E-state index contributed by atoms with van der Waals surface area (Å²) in [7, 11) is 3.88. The number of hydrogen-bond donors (Lipinski definition) is 1. The molecule has 2 aromatic rings. The third-order valence-electron chi connectivity index (χ3n) is 3.14. The molecule has 1 N–H and O–H groups in total. The maximum Gasteiger partial charge on any atom is 0.134 e. The topological polar surface area (TPSA) is 39.1 Å². The van der Waals surface area contributed by atoms with Crippen molar-refractivity contribution in [2.75, 3.05) is 7.05 Å². The second-order valence-corrected chi connectivity index (χ2v) is 5.54. The first-order chi connectivity index (χ1) is 9.63. The zero-order valence-electron chi connectivity index (χ0n) is 12.1. The Balaban J connectivity index is 2.04. The van der Waals surface area contributed by atoms with Crippen LogP contribution in [0.2, 0.25) is 0 Å². The first-order valence-corrected chi connectivity index (χ1v) is 7.51. The molecule has 0 saturated heterocycles. The van der Waals surface area contributed by atoms with Gasteiger partial charge in [0, 0.05) is 13.6 Å². The molecule has 20 heavy (non-hydrogen) atoms. The zero-order chi connectivity index (χ0) is 14.5. The number of halogens is 1. The van der Waals surface area contributed by atoms with Crippen LogP contribution in [-0.4, -0.2) is 16.8 Å². The fourth-order valence-electron chi connectivity index (χ4n) is 2.01. The van der Waals surface area contributed by atoms with E-state index >= 15 is 0 Å². The van der Waals surface area contributed by atoms with Gasteiger partial charge in [-0.25, -0.2) is 0 Å². The third kappa shape index (κ3) is 3.61. The zero-order valence-corrected chi connectivity index (χ0v) is 13.7. The summed E-state index contributed by atoms with van der Waals surface area (Å²) in [6.45, 7) is 3.47. The number of nitrogens with one attached hydrogen (secondary N) is 1. The molecule has 1 heterocycles. The van der Waals surface area contributed by atoms with Crippen molar-refractivity contribution in [3.05, 3.63) is 45.7 Å². The molecule has 1 aromatic carbocycles. The van der Waals surface area contributed by atoms with Crippen molar-refractivity contribution >= 4 is 15.9 Å². The van der Waals surface area contributed by atoms with Gasteiger partial charge in [0.25, 0.3) is 0 Å². The first kappa shape index (κ1) is 15.1. The lowest BCUT2D eigenvalue weighted by Gasteiger charge is -2.10. The van der Waals surface area contributed by atoms with Crippen molar-refractivity contribution in [3.8, 4) is 5.75 Å². The SMILES string of the molecule is CCc1cc(COc2ccc(CNC)cc2Br)n(C)n1. The molecular weight excluding hydrogens is 318 g/mol. The van der Waals surface area contributed by atoms with Crippen molar-refractivity contribution < 1.29 is 4.74 Å². The molecular formula is C15H20BrN3O. The highest BCUT2D eigenvalue weighted by molar-refractivity contribution is 9.10. The van der Waals surface area contributed by atoms with E-state index in [-0.39, 0.29) is 0 Å². The molecule has 1 aromatic heterocycles. The molecule has 0 aliphatic carbocycles. The van der Waals surface area contributed by atoms with E-state index in [1.54, 1.807) is 0 Å².